The summed E-state index contributed by atoms with van der Waals surface area (Å²) in [6.07, 6.45) is 4.02. The van der Waals surface area contributed by atoms with Crippen LogP contribution in [0.1, 0.15) is 44.3 Å². The van der Waals surface area contributed by atoms with Crippen molar-refractivity contribution < 1.29 is 22.6 Å². The minimum atomic E-state index is -1.12. The fraction of sp³-hybridized carbons (Fsp3) is 0.429. The minimum absolute atomic E-state index is 0.0208. The summed E-state index contributed by atoms with van der Waals surface area (Å²) in [4.78, 5) is 0. The Kier molecular flexibility index (Phi) is 5.87. The smallest absolute Gasteiger partial charge is 0.201 e. The van der Waals surface area contributed by atoms with Gasteiger partial charge in [0.15, 0.2) is 11.6 Å². The Morgan fingerprint density at radius 2 is 1.81 bits per heavy atom. The van der Waals surface area contributed by atoms with E-state index in [1.807, 2.05) is 0 Å². The molecule has 0 aromatic heterocycles. The zero-order valence-electron chi connectivity index (χ0n) is 15.0. The van der Waals surface area contributed by atoms with E-state index in [1.54, 1.807) is 6.07 Å². The van der Waals surface area contributed by atoms with Crippen LogP contribution in [0.2, 0.25) is 0 Å². The summed E-state index contributed by atoms with van der Waals surface area (Å²) in [6.45, 7) is 2.83. The lowest BCUT2D eigenvalue weighted by Gasteiger charge is -2.29. The SMILES string of the molecule is CCCC1CCC(c2ccc(-c3ccc(OC)c(F)c3F)c(F)c2)OC1. The van der Waals surface area contributed by atoms with Gasteiger partial charge in [0.05, 0.1) is 19.8 Å². The quantitative estimate of drug-likeness (QED) is 0.643. The van der Waals surface area contributed by atoms with Gasteiger partial charge in [-0.15, -0.1) is 0 Å². The van der Waals surface area contributed by atoms with Gasteiger partial charge in [-0.05, 0) is 48.9 Å². The Morgan fingerprint density at radius 3 is 2.42 bits per heavy atom. The third-order valence-corrected chi connectivity index (χ3v) is 4.99. The van der Waals surface area contributed by atoms with Crippen LogP contribution in [0.5, 0.6) is 5.75 Å². The molecule has 140 valence electrons. The summed E-state index contributed by atoms with van der Waals surface area (Å²) in [5.74, 6) is -2.47. The molecule has 0 spiro atoms. The Hall–Kier alpha value is -2.01. The second-order valence-electron chi connectivity index (χ2n) is 6.74. The van der Waals surface area contributed by atoms with Crippen molar-refractivity contribution >= 4 is 0 Å². The van der Waals surface area contributed by atoms with E-state index in [2.05, 4.69) is 6.92 Å². The van der Waals surface area contributed by atoms with Gasteiger partial charge in [-0.3, -0.25) is 0 Å². The molecule has 2 aromatic carbocycles. The van der Waals surface area contributed by atoms with Crippen LogP contribution in [0, 0.1) is 23.4 Å². The van der Waals surface area contributed by atoms with Crippen molar-refractivity contribution in [3.05, 3.63) is 53.3 Å². The predicted molar refractivity (Wildman–Crippen MR) is 94.6 cm³/mol. The molecular formula is C21H23F3O2. The Labute approximate surface area is 151 Å². The summed E-state index contributed by atoms with van der Waals surface area (Å²) in [6, 6.07) is 7.18. The monoisotopic (exact) mass is 364 g/mol. The summed E-state index contributed by atoms with van der Waals surface area (Å²) in [5.41, 5.74) is 0.628. The van der Waals surface area contributed by atoms with E-state index in [-0.39, 0.29) is 23.0 Å². The second-order valence-corrected chi connectivity index (χ2v) is 6.74. The lowest BCUT2D eigenvalue weighted by atomic mass is 9.91. The lowest BCUT2D eigenvalue weighted by molar-refractivity contribution is -0.0195. The molecule has 1 fully saturated rings. The van der Waals surface area contributed by atoms with E-state index in [4.69, 9.17) is 9.47 Å². The van der Waals surface area contributed by atoms with Gasteiger partial charge in [-0.25, -0.2) is 8.78 Å². The van der Waals surface area contributed by atoms with Crippen LogP contribution in [0.15, 0.2) is 30.3 Å². The molecule has 2 unspecified atom stereocenters. The average Bonchev–Trinajstić information content (AvgIpc) is 2.65. The van der Waals surface area contributed by atoms with Crippen molar-refractivity contribution in [2.45, 2.75) is 38.7 Å². The summed E-state index contributed by atoms with van der Waals surface area (Å²) >= 11 is 0. The molecule has 1 saturated heterocycles. The Bertz CT molecular complexity index is 768. The molecule has 0 bridgehead atoms. The number of hydrogen-bond donors (Lipinski definition) is 0. The maximum absolute atomic E-state index is 14.6. The van der Waals surface area contributed by atoms with Crippen LogP contribution in [0.25, 0.3) is 11.1 Å². The zero-order valence-corrected chi connectivity index (χ0v) is 15.0. The lowest BCUT2D eigenvalue weighted by Crippen LogP contribution is -2.20. The number of rotatable bonds is 5. The molecule has 1 aliphatic heterocycles. The van der Waals surface area contributed by atoms with Crippen molar-refractivity contribution in [2.75, 3.05) is 13.7 Å². The van der Waals surface area contributed by atoms with Crippen molar-refractivity contribution in [3.8, 4) is 16.9 Å². The van der Waals surface area contributed by atoms with Crippen LogP contribution in [0.4, 0.5) is 13.2 Å². The normalized spacial score (nSPS) is 20.2. The van der Waals surface area contributed by atoms with Gasteiger partial charge in [0.2, 0.25) is 5.82 Å². The van der Waals surface area contributed by atoms with Gasteiger partial charge in [-0.2, -0.15) is 4.39 Å². The van der Waals surface area contributed by atoms with Gasteiger partial charge in [0, 0.05) is 11.1 Å². The van der Waals surface area contributed by atoms with Crippen molar-refractivity contribution in [3.63, 3.8) is 0 Å². The first-order valence-corrected chi connectivity index (χ1v) is 8.98. The first-order valence-electron chi connectivity index (χ1n) is 8.98. The molecule has 3 rings (SSSR count). The second kappa shape index (κ2) is 8.12. The number of ether oxygens (including phenoxy) is 2. The molecule has 5 heteroatoms. The third-order valence-electron chi connectivity index (χ3n) is 4.99. The van der Waals surface area contributed by atoms with Crippen LogP contribution >= 0.6 is 0 Å². The highest BCUT2D eigenvalue weighted by atomic mass is 19.2. The van der Waals surface area contributed by atoms with Gasteiger partial charge in [0.1, 0.15) is 5.82 Å². The molecule has 0 amide bonds. The number of benzene rings is 2. The predicted octanol–water partition coefficient (Wildman–Crippen LogP) is 6.05. The summed E-state index contributed by atoms with van der Waals surface area (Å²) < 4.78 is 53.4. The van der Waals surface area contributed by atoms with E-state index >= 15 is 0 Å². The summed E-state index contributed by atoms with van der Waals surface area (Å²) in [7, 11) is 1.25. The average molecular weight is 364 g/mol. The highest BCUT2D eigenvalue weighted by Gasteiger charge is 2.24. The van der Waals surface area contributed by atoms with Gasteiger partial charge >= 0.3 is 0 Å². The number of hydrogen-bond acceptors (Lipinski definition) is 2. The fourth-order valence-electron chi connectivity index (χ4n) is 3.55. The first-order chi connectivity index (χ1) is 12.5. The standard InChI is InChI=1S/C21H23F3O2/c1-3-4-13-5-9-18(26-12-13)14-6-7-15(17(22)11-14)16-8-10-19(25-2)21(24)20(16)23/h6-8,10-11,13,18H,3-5,9,12H2,1-2H3. The minimum Gasteiger partial charge on any atom is -0.494 e. The Morgan fingerprint density at radius 1 is 1.04 bits per heavy atom. The molecule has 1 heterocycles. The van der Waals surface area contributed by atoms with E-state index in [0.29, 0.717) is 12.5 Å². The van der Waals surface area contributed by atoms with E-state index in [9.17, 15) is 13.2 Å². The maximum atomic E-state index is 14.6. The van der Waals surface area contributed by atoms with Crippen LogP contribution in [-0.2, 0) is 4.74 Å². The fourth-order valence-corrected chi connectivity index (χ4v) is 3.55. The molecule has 2 atom stereocenters. The molecule has 2 nitrogen and oxygen atoms in total. The van der Waals surface area contributed by atoms with Gasteiger partial charge in [0.25, 0.3) is 0 Å². The molecule has 1 aliphatic rings. The molecular weight excluding hydrogens is 341 g/mol. The Balaban J connectivity index is 1.82. The van der Waals surface area contributed by atoms with E-state index in [0.717, 1.165) is 31.2 Å². The van der Waals surface area contributed by atoms with E-state index < -0.39 is 17.5 Å². The maximum Gasteiger partial charge on any atom is 0.201 e. The molecule has 26 heavy (non-hydrogen) atoms. The molecule has 0 N–H and O–H groups in total. The van der Waals surface area contributed by atoms with Crippen molar-refractivity contribution in [2.24, 2.45) is 5.92 Å². The molecule has 0 radical (unpaired) electrons. The number of methoxy groups -OCH3 is 1. The van der Waals surface area contributed by atoms with E-state index in [1.165, 1.54) is 31.4 Å². The summed E-state index contributed by atoms with van der Waals surface area (Å²) in [5, 5.41) is 0. The van der Waals surface area contributed by atoms with Gasteiger partial charge in [-0.1, -0.05) is 25.5 Å². The first kappa shape index (κ1) is 18.8. The highest BCUT2D eigenvalue weighted by Crippen LogP contribution is 2.36. The van der Waals surface area contributed by atoms with Crippen molar-refractivity contribution in [1.82, 2.24) is 0 Å². The largest absolute Gasteiger partial charge is 0.494 e. The zero-order chi connectivity index (χ0) is 18.7. The highest BCUT2D eigenvalue weighted by molar-refractivity contribution is 5.66. The van der Waals surface area contributed by atoms with Gasteiger partial charge < -0.3 is 9.47 Å². The molecule has 0 saturated carbocycles. The van der Waals surface area contributed by atoms with Crippen LogP contribution in [0.3, 0.4) is 0 Å². The topological polar surface area (TPSA) is 18.5 Å². The number of halogens is 3. The molecule has 0 aliphatic carbocycles. The van der Waals surface area contributed by atoms with Crippen LogP contribution < -0.4 is 4.74 Å². The molecule has 2 aromatic rings. The third kappa shape index (κ3) is 3.73. The van der Waals surface area contributed by atoms with Crippen LogP contribution in [-0.4, -0.2) is 13.7 Å². The van der Waals surface area contributed by atoms with Crippen molar-refractivity contribution in [1.29, 1.82) is 0 Å².